The number of hydrogen-bond acceptors (Lipinski definition) is 12. The van der Waals surface area contributed by atoms with Crippen molar-refractivity contribution in [2.24, 2.45) is 0 Å². The van der Waals surface area contributed by atoms with Crippen molar-refractivity contribution in [2.45, 2.75) is 225 Å². The zero-order valence-corrected chi connectivity index (χ0v) is 40.1. The first-order chi connectivity index (χ1) is 29.6. The maximum Gasteiger partial charge on any atom is 0.472 e. The van der Waals surface area contributed by atoms with Crippen molar-refractivity contribution in [1.82, 2.24) is 11.5 Å². The van der Waals surface area contributed by atoms with E-state index in [-0.39, 0.29) is 45.4 Å². The van der Waals surface area contributed by atoms with Gasteiger partial charge in [0.05, 0.1) is 19.8 Å². The van der Waals surface area contributed by atoms with E-state index in [0.29, 0.717) is 12.8 Å². The van der Waals surface area contributed by atoms with Gasteiger partial charge in [0.2, 0.25) is 0 Å². The molecule has 0 aliphatic heterocycles. The number of hydrogen-bond donors (Lipinski definition) is 4. The van der Waals surface area contributed by atoms with E-state index in [9.17, 15) is 28.6 Å². The van der Waals surface area contributed by atoms with Crippen molar-refractivity contribution in [3.05, 3.63) is 0 Å². The van der Waals surface area contributed by atoms with Crippen LogP contribution in [0.15, 0.2) is 0 Å². The number of aliphatic carboxylic acids is 1. The number of carboxylic acids is 1. The van der Waals surface area contributed by atoms with Crippen LogP contribution >= 0.6 is 7.82 Å². The van der Waals surface area contributed by atoms with Gasteiger partial charge in [-0.15, -0.1) is 0 Å². The third kappa shape index (κ3) is 47.2. The molecule has 2 unspecified atom stereocenters. The topological polar surface area (TPSA) is 228 Å². The Balaban J connectivity index is 0. The lowest BCUT2D eigenvalue weighted by atomic mass is 10.0. The Kier molecular flexibility index (Phi) is 46.5. The van der Waals surface area contributed by atoms with Gasteiger partial charge >= 0.3 is 31.8 Å². The van der Waals surface area contributed by atoms with Gasteiger partial charge in [-0.1, -0.05) is 194 Å². The van der Waals surface area contributed by atoms with E-state index in [1.54, 1.807) is 0 Å². The summed E-state index contributed by atoms with van der Waals surface area (Å²) in [6, 6.07) is 0. The highest BCUT2D eigenvalue weighted by Crippen LogP contribution is 2.43. The van der Waals surface area contributed by atoms with E-state index in [1.165, 1.54) is 141 Å². The minimum absolute atomic E-state index is 0. The van der Waals surface area contributed by atoms with Crippen molar-refractivity contribution >= 4 is 31.8 Å². The standard InChI is InChI=1S/C46H88NO13P.H3N/c1-3-5-7-9-11-13-15-17-19-21-23-25-27-29-31-33-44(50)57-39-42(40-59-61(53,54)58-36-35-47-46(52)56-38-37-55-41-43(48)49)60-45(51)34-32-30-28-26-24-22-20-18-16-14-12-10-8-6-4-2;/h42H,3-41H2,1-2H3,(H,47,52)(H,48,49)(H,53,54);1H3. The Labute approximate surface area is 375 Å². The summed E-state index contributed by atoms with van der Waals surface area (Å²) < 4.78 is 43.0. The van der Waals surface area contributed by atoms with E-state index >= 15 is 0 Å². The molecule has 0 saturated heterocycles. The first kappa shape index (κ1) is 61.8. The molecule has 2 atom stereocenters. The number of carbonyl (C=O) groups excluding carboxylic acids is 3. The third-order valence-corrected chi connectivity index (χ3v) is 11.4. The van der Waals surface area contributed by atoms with E-state index in [0.717, 1.165) is 38.5 Å². The molecule has 0 bridgehead atoms. The molecule has 1 amide bonds. The molecule has 0 radical (unpaired) electrons. The van der Waals surface area contributed by atoms with Crippen LogP contribution in [0.2, 0.25) is 0 Å². The fourth-order valence-corrected chi connectivity index (χ4v) is 7.58. The summed E-state index contributed by atoms with van der Waals surface area (Å²) in [5.41, 5.74) is 0. The van der Waals surface area contributed by atoms with Crippen LogP contribution in [0.3, 0.4) is 0 Å². The van der Waals surface area contributed by atoms with E-state index in [1.807, 2.05) is 0 Å². The summed E-state index contributed by atoms with van der Waals surface area (Å²) in [7, 11) is -4.64. The number of ether oxygens (including phenoxy) is 4. The molecule has 62 heavy (non-hydrogen) atoms. The quantitative estimate of drug-likeness (QED) is 0.0193. The lowest BCUT2D eigenvalue weighted by molar-refractivity contribution is -0.161. The Morgan fingerprint density at radius 1 is 0.516 bits per heavy atom. The van der Waals surface area contributed by atoms with Crippen LogP contribution in [0, 0.1) is 0 Å². The van der Waals surface area contributed by atoms with Gasteiger partial charge < -0.3 is 40.4 Å². The molecule has 6 N–H and O–H groups in total. The average Bonchev–Trinajstić information content (AvgIpc) is 3.23. The van der Waals surface area contributed by atoms with Crippen molar-refractivity contribution in [3.8, 4) is 0 Å². The summed E-state index contributed by atoms with van der Waals surface area (Å²) in [6.07, 6.45) is 34.9. The number of amides is 1. The minimum Gasteiger partial charge on any atom is -0.480 e. The molecule has 0 rings (SSSR count). The van der Waals surface area contributed by atoms with Crippen molar-refractivity contribution in [1.29, 1.82) is 0 Å². The molecule has 0 aromatic carbocycles. The van der Waals surface area contributed by atoms with E-state index in [2.05, 4.69) is 19.2 Å². The van der Waals surface area contributed by atoms with Crippen LogP contribution < -0.4 is 11.5 Å². The predicted octanol–water partition coefficient (Wildman–Crippen LogP) is 12.1. The Bertz CT molecular complexity index is 1100. The number of phosphoric acid groups is 1. The highest BCUT2D eigenvalue weighted by Gasteiger charge is 2.26. The number of alkyl carbamates (subject to hydrolysis) is 1. The first-order valence-electron chi connectivity index (χ1n) is 24.3. The van der Waals surface area contributed by atoms with Gasteiger partial charge in [-0.05, 0) is 12.8 Å². The number of carbonyl (C=O) groups is 4. The van der Waals surface area contributed by atoms with E-state index in [4.69, 9.17) is 33.1 Å². The molecule has 0 aromatic heterocycles. The van der Waals surface area contributed by atoms with Gasteiger partial charge in [0.25, 0.3) is 0 Å². The Hall–Kier alpha value is -2.29. The molecule has 15 nitrogen and oxygen atoms in total. The molecule has 0 fully saturated rings. The smallest absolute Gasteiger partial charge is 0.472 e. The van der Waals surface area contributed by atoms with Gasteiger partial charge in [-0.25, -0.2) is 14.2 Å². The second kappa shape index (κ2) is 46.7. The molecule has 0 aromatic rings. The molecular weight excluding hydrogens is 819 g/mol. The fraction of sp³-hybridized carbons (Fsp3) is 0.913. The van der Waals surface area contributed by atoms with Crippen LogP contribution in [0.4, 0.5) is 4.79 Å². The maximum absolute atomic E-state index is 12.7. The van der Waals surface area contributed by atoms with Gasteiger partial charge in [0.1, 0.15) is 19.8 Å². The Morgan fingerprint density at radius 3 is 1.34 bits per heavy atom. The van der Waals surface area contributed by atoms with E-state index < -0.39 is 57.7 Å². The van der Waals surface area contributed by atoms with Crippen LogP contribution in [-0.4, -0.2) is 86.3 Å². The largest absolute Gasteiger partial charge is 0.480 e. The number of carboxylic acid groups (broad SMARTS) is 1. The zero-order chi connectivity index (χ0) is 44.9. The third-order valence-electron chi connectivity index (χ3n) is 10.4. The highest BCUT2D eigenvalue weighted by atomic mass is 31.2. The van der Waals surface area contributed by atoms with Crippen LogP contribution in [0.5, 0.6) is 0 Å². The second-order valence-electron chi connectivity index (χ2n) is 16.3. The van der Waals surface area contributed by atoms with Crippen molar-refractivity contribution < 1.29 is 61.7 Å². The van der Waals surface area contributed by atoms with Crippen LogP contribution in [0.25, 0.3) is 0 Å². The molecule has 368 valence electrons. The number of nitrogens with one attached hydrogen (secondary N) is 1. The number of esters is 2. The zero-order valence-electron chi connectivity index (χ0n) is 39.2. The summed E-state index contributed by atoms with van der Waals surface area (Å²) in [5.74, 6) is -2.09. The second-order valence-corrected chi connectivity index (χ2v) is 17.8. The number of rotatable bonds is 47. The molecular formula is C46H91N2O13P. The Morgan fingerprint density at radius 2 is 0.919 bits per heavy atom. The number of phosphoric ester groups is 1. The number of unbranched alkanes of at least 4 members (excludes halogenated alkanes) is 28. The molecule has 16 heteroatoms. The average molecular weight is 911 g/mol. The molecule has 0 saturated carbocycles. The van der Waals surface area contributed by atoms with Gasteiger partial charge in [-0.3, -0.25) is 18.6 Å². The van der Waals surface area contributed by atoms with Gasteiger partial charge in [0, 0.05) is 19.4 Å². The molecule has 0 spiro atoms. The minimum atomic E-state index is -4.64. The normalized spacial score (nSPS) is 12.6. The molecule has 0 aliphatic carbocycles. The summed E-state index contributed by atoms with van der Waals surface area (Å²) >= 11 is 0. The van der Waals surface area contributed by atoms with Gasteiger partial charge in [0.15, 0.2) is 6.10 Å². The van der Waals surface area contributed by atoms with Crippen molar-refractivity contribution in [3.63, 3.8) is 0 Å². The maximum atomic E-state index is 12.7. The SMILES string of the molecule is CCCCCCCCCCCCCCCCCC(=O)OCC(COP(=O)(O)OCCNC(=O)OCCOCC(=O)O)OC(=O)CCCCCCCCCCCCCCCCC.N. The first-order valence-corrected chi connectivity index (χ1v) is 25.8. The summed E-state index contributed by atoms with van der Waals surface area (Å²) in [6.45, 7) is 2.19. The molecule has 0 heterocycles. The lowest BCUT2D eigenvalue weighted by Gasteiger charge is -2.20. The van der Waals surface area contributed by atoms with Crippen LogP contribution in [-0.2, 0) is 46.9 Å². The van der Waals surface area contributed by atoms with Gasteiger partial charge in [-0.2, -0.15) is 0 Å². The van der Waals surface area contributed by atoms with Crippen molar-refractivity contribution in [2.75, 3.05) is 46.2 Å². The summed E-state index contributed by atoms with van der Waals surface area (Å²) in [5, 5.41) is 10.8. The summed E-state index contributed by atoms with van der Waals surface area (Å²) in [4.78, 5) is 57.6. The monoisotopic (exact) mass is 911 g/mol. The lowest BCUT2D eigenvalue weighted by Crippen LogP contribution is -2.30. The highest BCUT2D eigenvalue weighted by molar-refractivity contribution is 7.47. The van der Waals surface area contributed by atoms with Crippen LogP contribution in [0.1, 0.15) is 219 Å². The predicted molar refractivity (Wildman–Crippen MR) is 244 cm³/mol. The fourth-order valence-electron chi connectivity index (χ4n) is 6.83. The molecule has 0 aliphatic rings.